The molecule has 1 aliphatic rings. The summed E-state index contributed by atoms with van der Waals surface area (Å²) < 4.78 is 5.15. The molecule has 0 unspecified atom stereocenters. The first kappa shape index (κ1) is 20.5. The molecule has 0 aliphatic heterocycles. The molecule has 0 heterocycles. The molecule has 0 radical (unpaired) electrons. The van der Waals surface area contributed by atoms with Crippen LogP contribution in [0.4, 0.5) is 0 Å². The van der Waals surface area contributed by atoms with E-state index in [2.05, 4.69) is 0 Å². The summed E-state index contributed by atoms with van der Waals surface area (Å²) >= 11 is 0. The summed E-state index contributed by atoms with van der Waals surface area (Å²) in [6.07, 6.45) is 11.1. The number of rotatable bonds is 6. The molecule has 0 amide bonds. The molecule has 1 rings (SSSR count). The maximum absolute atomic E-state index is 12.8. The van der Waals surface area contributed by atoms with Gasteiger partial charge in [-0.25, -0.2) is 4.79 Å². The monoisotopic (exact) mass is 344 g/mol. The van der Waals surface area contributed by atoms with Gasteiger partial charge < -0.3 is 14.5 Å². The molecule has 0 atom stereocenters. The number of ketones is 1. The Labute approximate surface area is 150 Å². The number of hydrogen-bond donors (Lipinski definition) is 0. The summed E-state index contributed by atoms with van der Waals surface area (Å²) in [6.45, 7) is 3.88. The lowest BCUT2D eigenvalue weighted by Crippen LogP contribution is -2.21. The number of hydrogen-bond acceptors (Lipinski definition) is 5. The summed E-state index contributed by atoms with van der Waals surface area (Å²) in [5.41, 5.74) is 2.32. The number of ether oxygens (including phenoxy) is 1. The normalized spacial score (nSPS) is 18.7. The van der Waals surface area contributed by atoms with Crippen molar-refractivity contribution in [1.82, 2.24) is 9.80 Å². The summed E-state index contributed by atoms with van der Waals surface area (Å²) in [6, 6.07) is 0. The molecule has 0 spiro atoms. The number of carbonyl (C=O) groups is 2. The second-order valence-electron chi connectivity index (χ2n) is 6.21. The van der Waals surface area contributed by atoms with Crippen molar-refractivity contribution in [3.05, 3.63) is 59.0 Å². The lowest BCUT2D eigenvalue weighted by Gasteiger charge is -2.21. The molecule has 0 bridgehead atoms. The maximum atomic E-state index is 12.8. The Morgan fingerprint density at radius 1 is 1.08 bits per heavy atom. The fourth-order valence-electron chi connectivity index (χ4n) is 2.33. The Morgan fingerprint density at radius 3 is 2.16 bits per heavy atom. The quantitative estimate of drug-likeness (QED) is 0.548. The topological polar surface area (TPSA) is 49.9 Å². The van der Waals surface area contributed by atoms with Crippen LogP contribution in [0.15, 0.2) is 59.0 Å². The van der Waals surface area contributed by atoms with E-state index in [1.165, 1.54) is 0 Å². The Kier molecular flexibility index (Phi) is 7.92. The van der Waals surface area contributed by atoms with E-state index < -0.39 is 0 Å². The van der Waals surface area contributed by atoms with Gasteiger partial charge in [0.25, 0.3) is 0 Å². The minimum absolute atomic E-state index is 0.0580. The lowest BCUT2D eigenvalue weighted by atomic mass is 9.83. The lowest BCUT2D eigenvalue weighted by molar-refractivity contribution is -0.138. The molecule has 25 heavy (non-hydrogen) atoms. The zero-order valence-electron chi connectivity index (χ0n) is 16.0. The van der Waals surface area contributed by atoms with Crippen LogP contribution in [0.5, 0.6) is 0 Å². The number of Topliss-reactive ketones (excluding diaryl/α,β-unsaturated/α-hetero) is 1. The van der Waals surface area contributed by atoms with Gasteiger partial charge in [-0.1, -0.05) is 6.08 Å². The predicted molar refractivity (Wildman–Crippen MR) is 101 cm³/mol. The molecule has 0 aromatic carbocycles. The standard InChI is InChI=1S/C20H28N2O3/c1-7-25-20(24)18-14-16(10-8-12-21(3)4)19(23)17(15(18)2)11-9-13-22(5)6/h8-13H,7,14H2,1-6H3/b12-8+,13-9+,16-10+,17-11+. The molecule has 0 saturated carbocycles. The third-order valence-electron chi connectivity index (χ3n) is 3.61. The zero-order chi connectivity index (χ0) is 19.0. The number of esters is 1. The van der Waals surface area contributed by atoms with Crippen molar-refractivity contribution in [2.45, 2.75) is 20.3 Å². The second kappa shape index (κ2) is 9.67. The molecule has 5 nitrogen and oxygen atoms in total. The molecule has 0 N–H and O–H groups in total. The Morgan fingerprint density at radius 2 is 1.64 bits per heavy atom. The highest BCUT2D eigenvalue weighted by Gasteiger charge is 2.29. The van der Waals surface area contributed by atoms with E-state index in [-0.39, 0.29) is 18.2 Å². The van der Waals surface area contributed by atoms with Gasteiger partial charge in [0.1, 0.15) is 0 Å². The van der Waals surface area contributed by atoms with Gasteiger partial charge in [-0.2, -0.15) is 0 Å². The highest BCUT2D eigenvalue weighted by atomic mass is 16.5. The van der Waals surface area contributed by atoms with Crippen molar-refractivity contribution in [3.63, 3.8) is 0 Å². The Balaban J connectivity index is 3.33. The Hall–Kier alpha value is -2.56. The molecular weight excluding hydrogens is 316 g/mol. The number of allylic oxidation sites excluding steroid dienone is 7. The van der Waals surface area contributed by atoms with E-state index in [9.17, 15) is 9.59 Å². The zero-order valence-corrected chi connectivity index (χ0v) is 16.0. The van der Waals surface area contributed by atoms with E-state index in [0.717, 1.165) is 0 Å². The third kappa shape index (κ3) is 6.10. The molecule has 5 heteroatoms. The fraction of sp³-hybridized carbons (Fsp3) is 0.400. The van der Waals surface area contributed by atoms with Crippen LogP contribution in [0.1, 0.15) is 20.3 Å². The van der Waals surface area contributed by atoms with Crippen LogP contribution in [-0.2, 0) is 14.3 Å². The van der Waals surface area contributed by atoms with Crippen molar-refractivity contribution < 1.29 is 14.3 Å². The van der Waals surface area contributed by atoms with Crippen molar-refractivity contribution in [1.29, 1.82) is 0 Å². The number of carbonyl (C=O) groups excluding carboxylic acids is 2. The van der Waals surface area contributed by atoms with Crippen molar-refractivity contribution in [3.8, 4) is 0 Å². The maximum Gasteiger partial charge on any atom is 0.334 e. The van der Waals surface area contributed by atoms with E-state index in [0.29, 0.717) is 28.9 Å². The van der Waals surface area contributed by atoms with E-state index in [1.54, 1.807) is 32.1 Å². The Bertz CT molecular complexity index is 662. The van der Waals surface area contributed by atoms with Crippen LogP contribution in [0.2, 0.25) is 0 Å². The summed E-state index contributed by atoms with van der Waals surface area (Å²) in [7, 11) is 7.62. The highest BCUT2D eigenvalue weighted by Crippen LogP contribution is 2.31. The molecule has 136 valence electrons. The van der Waals surface area contributed by atoms with Gasteiger partial charge in [-0.15, -0.1) is 0 Å². The smallest absolute Gasteiger partial charge is 0.334 e. The predicted octanol–water partition coefficient (Wildman–Crippen LogP) is 2.84. The van der Waals surface area contributed by atoms with Gasteiger partial charge >= 0.3 is 5.97 Å². The van der Waals surface area contributed by atoms with Crippen molar-refractivity contribution in [2.24, 2.45) is 0 Å². The van der Waals surface area contributed by atoms with Crippen LogP contribution in [-0.4, -0.2) is 56.3 Å². The summed E-state index contributed by atoms with van der Waals surface area (Å²) in [4.78, 5) is 28.8. The summed E-state index contributed by atoms with van der Waals surface area (Å²) in [5.74, 6) is -0.421. The van der Waals surface area contributed by atoms with Crippen LogP contribution >= 0.6 is 0 Å². The van der Waals surface area contributed by atoms with Crippen molar-refractivity contribution >= 4 is 11.8 Å². The first-order chi connectivity index (χ1) is 11.8. The van der Waals surface area contributed by atoms with Gasteiger partial charge in [0.15, 0.2) is 5.78 Å². The van der Waals surface area contributed by atoms with E-state index >= 15 is 0 Å². The SMILES string of the molecule is CCOC(=O)C1=C(C)/C(=C\C=C\N(C)C)C(=O)/C(=C/C=C/N(C)C)C1. The fourth-order valence-corrected chi connectivity index (χ4v) is 2.33. The first-order valence-corrected chi connectivity index (χ1v) is 8.28. The number of nitrogens with zero attached hydrogens (tertiary/aromatic N) is 2. The van der Waals surface area contributed by atoms with Gasteiger partial charge in [-0.3, -0.25) is 4.79 Å². The molecule has 0 fully saturated rings. The summed E-state index contributed by atoms with van der Waals surface area (Å²) in [5, 5.41) is 0. The van der Waals surface area contributed by atoms with Crippen LogP contribution < -0.4 is 0 Å². The van der Waals surface area contributed by atoms with Gasteiger partial charge in [0.05, 0.1) is 6.61 Å². The minimum atomic E-state index is -0.363. The molecule has 0 aromatic heterocycles. The molecule has 1 aliphatic carbocycles. The average molecular weight is 344 g/mol. The molecule has 0 saturated heterocycles. The van der Waals surface area contributed by atoms with Gasteiger partial charge in [-0.05, 0) is 50.0 Å². The van der Waals surface area contributed by atoms with Crippen LogP contribution in [0.25, 0.3) is 0 Å². The minimum Gasteiger partial charge on any atom is -0.463 e. The largest absolute Gasteiger partial charge is 0.463 e. The molecule has 0 aromatic rings. The second-order valence-corrected chi connectivity index (χ2v) is 6.21. The van der Waals surface area contributed by atoms with Crippen LogP contribution in [0.3, 0.4) is 0 Å². The third-order valence-corrected chi connectivity index (χ3v) is 3.61. The van der Waals surface area contributed by atoms with Crippen molar-refractivity contribution in [2.75, 3.05) is 34.8 Å². The highest BCUT2D eigenvalue weighted by molar-refractivity contribution is 6.15. The van der Waals surface area contributed by atoms with E-state index in [4.69, 9.17) is 4.74 Å². The average Bonchev–Trinajstić information content (AvgIpc) is 2.52. The van der Waals surface area contributed by atoms with Gasteiger partial charge in [0, 0.05) is 51.3 Å². The van der Waals surface area contributed by atoms with Gasteiger partial charge in [0.2, 0.25) is 0 Å². The molecular formula is C20H28N2O3. The van der Waals surface area contributed by atoms with Crippen LogP contribution in [0, 0.1) is 0 Å². The van der Waals surface area contributed by atoms with E-state index in [1.807, 2.05) is 56.5 Å². The first-order valence-electron chi connectivity index (χ1n) is 8.28.